The van der Waals surface area contributed by atoms with Crippen LogP contribution < -0.4 is 5.32 Å². The zero-order valence-corrected chi connectivity index (χ0v) is 8.95. The fraction of sp³-hybridized carbons (Fsp3) is 0.455. The monoisotopic (exact) mass is 223 g/mol. The molecule has 5 heteroatoms. The lowest BCUT2D eigenvalue weighted by Gasteiger charge is -2.10. The van der Waals surface area contributed by atoms with Gasteiger partial charge in [-0.3, -0.25) is 9.59 Å². The summed E-state index contributed by atoms with van der Waals surface area (Å²) in [5, 5.41) is 11.5. The van der Waals surface area contributed by atoms with Gasteiger partial charge in [-0.25, -0.2) is 0 Å². The van der Waals surface area contributed by atoms with E-state index in [1.807, 2.05) is 0 Å². The largest absolute Gasteiger partial charge is 0.481 e. The van der Waals surface area contributed by atoms with Crippen LogP contribution in [0.3, 0.4) is 0 Å². The van der Waals surface area contributed by atoms with Crippen molar-refractivity contribution in [1.82, 2.24) is 5.32 Å². The zero-order chi connectivity index (χ0) is 11.8. The second-order valence-corrected chi connectivity index (χ2v) is 4.20. The van der Waals surface area contributed by atoms with Gasteiger partial charge in [-0.1, -0.05) is 0 Å². The highest BCUT2D eigenvalue weighted by Crippen LogP contribution is 2.45. The first-order valence-corrected chi connectivity index (χ1v) is 5.11. The summed E-state index contributed by atoms with van der Waals surface area (Å²) < 4.78 is 5.01. The van der Waals surface area contributed by atoms with Crippen LogP contribution in [0.1, 0.15) is 29.0 Å². The molecule has 0 aliphatic heterocycles. The lowest BCUT2D eigenvalue weighted by atomic mass is 10.1. The molecule has 0 aromatic carbocycles. The Morgan fingerprint density at radius 3 is 2.69 bits per heavy atom. The van der Waals surface area contributed by atoms with E-state index in [0.29, 0.717) is 12.8 Å². The molecule has 0 atom stereocenters. The quantitative estimate of drug-likeness (QED) is 0.803. The van der Waals surface area contributed by atoms with E-state index in [0.717, 1.165) is 5.56 Å². The minimum absolute atomic E-state index is 0.168. The first-order chi connectivity index (χ1) is 7.55. The Morgan fingerprint density at radius 1 is 1.56 bits per heavy atom. The molecule has 16 heavy (non-hydrogen) atoms. The maximum atomic E-state index is 11.6. The van der Waals surface area contributed by atoms with Crippen molar-refractivity contribution in [2.45, 2.75) is 19.8 Å². The maximum Gasteiger partial charge on any atom is 0.311 e. The Balaban J connectivity index is 1.95. The van der Waals surface area contributed by atoms with E-state index < -0.39 is 11.4 Å². The fourth-order valence-electron chi connectivity index (χ4n) is 1.55. The molecule has 0 unspecified atom stereocenters. The van der Waals surface area contributed by atoms with Gasteiger partial charge in [0, 0.05) is 12.1 Å². The van der Waals surface area contributed by atoms with Gasteiger partial charge in [-0.15, -0.1) is 0 Å². The van der Waals surface area contributed by atoms with E-state index in [-0.39, 0.29) is 18.2 Å². The van der Waals surface area contributed by atoms with Crippen LogP contribution in [0.4, 0.5) is 0 Å². The molecule has 0 radical (unpaired) electrons. The Labute approximate surface area is 92.4 Å². The van der Waals surface area contributed by atoms with Crippen molar-refractivity contribution in [2.75, 3.05) is 6.54 Å². The van der Waals surface area contributed by atoms with Gasteiger partial charge in [0.2, 0.25) is 0 Å². The molecule has 1 saturated carbocycles. The van der Waals surface area contributed by atoms with Crippen LogP contribution in [0.2, 0.25) is 0 Å². The lowest BCUT2D eigenvalue weighted by Crippen LogP contribution is -2.34. The Bertz CT molecular complexity index is 431. The van der Waals surface area contributed by atoms with E-state index in [4.69, 9.17) is 9.52 Å². The minimum atomic E-state index is -0.844. The lowest BCUT2D eigenvalue weighted by molar-refractivity contribution is -0.143. The van der Waals surface area contributed by atoms with E-state index in [1.54, 1.807) is 13.0 Å². The molecule has 1 aromatic rings. The number of carbonyl (C=O) groups is 2. The number of amides is 1. The second-order valence-electron chi connectivity index (χ2n) is 4.20. The van der Waals surface area contributed by atoms with E-state index >= 15 is 0 Å². The highest BCUT2D eigenvalue weighted by molar-refractivity contribution is 5.93. The molecule has 2 N–H and O–H groups in total. The first-order valence-electron chi connectivity index (χ1n) is 5.11. The van der Waals surface area contributed by atoms with Crippen LogP contribution >= 0.6 is 0 Å². The summed E-state index contributed by atoms with van der Waals surface area (Å²) in [4.78, 5) is 22.5. The van der Waals surface area contributed by atoms with Crippen molar-refractivity contribution in [3.05, 3.63) is 23.7 Å². The standard InChI is InChI=1S/C11H13NO4/c1-7-2-5-16-8(7)9(13)12-6-11(3-4-11)10(14)15/h2,5H,3-4,6H2,1H3,(H,12,13)(H,14,15). The molecule has 0 spiro atoms. The molecule has 2 rings (SSSR count). The third-order valence-electron chi connectivity index (χ3n) is 2.96. The number of furan rings is 1. The molecule has 0 bridgehead atoms. The summed E-state index contributed by atoms with van der Waals surface area (Å²) in [6, 6.07) is 1.69. The van der Waals surface area contributed by atoms with Crippen LogP contribution in [0.25, 0.3) is 0 Å². The number of aryl methyl sites for hydroxylation is 1. The van der Waals surface area contributed by atoms with Gasteiger partial charge in [0.05, 0.1) is 11.7 Å². The predicted molar refractivity (Wildman–Crippen MR) is 55.1 cm³/mol. The van der Waals surface area contributed by atoms with Gasteiger partial charge >= 0.3 is 5.97 Å². The van der Waals surface area contributed by atoms with Gasteiger partial charge in [0.1, 0.15) is 0 Å². The van der Waals surface area contributed by atoms with Crippen molar-refractivity contribution >= 4 is 11.9 Å². The molecule has 1 aromatic heterocycles. The van der Waals surface area contributed by atoms with Crippen LogP contribution in [-0.2, 0) is 4.79 Å². The summed E-state index contributed by atoms with van der Waals surface area (Å²) in [6.45, 7) is 1.93. The summed E-state index contributed by atoms with van der Waals surface area (Å²) in [5.41, 5.74) is 0.00792. The van der Waals surface area contributed by atoms with Crippen LogP contribution in [-0.4, -0.2) is 23.5 Å². The van der Waals surface area contributed by atoms with Crippen LogP contribution in [0.15, 0.2) is 16.7 Å². The van der Waals surface area contributed by atoms with E-state index in [2.05, 4.69) is 5.32 Å². The summed E-state index contributed by atoms with van der Waals surface area (Å²) >= 11 is 0. The molecule has 0 saturated heterocycles. The summed E-state index contributed by atoms with van der Waals surface area (Å²) in [7, 11) is 0. The second kappa shape index (κ2) is 3.66. The molecular formula is C11H13NO4. The number of nitrogens with one attached hydrogen (secondary N) is 1. The molecule has 86 valence electrons. The Hall–Kier alpha value is -1.78. The first kappa shape index (κ1) is 10.7. The van der Waals surface area contributed by atoms with Crippen molar-refractivity contribution in [2.24, 2.45) is 5.41 Å². The van der Waals surface area contributed by atoms with Crippen LogP contribution in [0.5, 0.6) is 0 Å². The van der Waals surface area contributed by atoms with E-state index in [1.165, 1.54) is 6.26 Å². The van der Waals surface area contributed by atoms with Gasteiger partial charge in [-0.05, 0) is 25.8 Å². The topological polar surface area (TPSA) is 79.5 Å². The van der Waals surface area contributed by atoms with Crippen molar-refractivity contribution in [3.8, 4) is 0 Å². The smallest absolute Gasteiger partial charge is 0.311 e. The number of carboxylic acid groups (broad SMARTS) is 1. The molecule has 5 nitrogen and oxygen atoms in total. The fourth-order valence-corrected chi connectivity index (χ4v) is 1.55. The number of aliphatic carboxylic acids is 1. The van der Waals surface area contributed by atoms with E-state index in [9.17, 15) is 9.59 Å². The van der Waals surface area contributed by atoms with Crippen molar-refractivity contribution in [3.63, 3.8) is 0 Å². The third-order valence-corrected chi connectivity index (χ3v) is 2.96. The third kappa shape index (κ3) is 1.80. The minimum Gasteiger partial charge on any atom is -0.481 e. The van der Waals surface area contributed by atoms with Gasteiger partial charge < -0.3 is 14.8 Å². The maximum absolute atomic E-state index is 11.6. The average Bonchev–Trinajstić information content (AvgIpc) is 2.92. The Morgan fingerprint density at radius 2 is 2.25 bits per heavy atom. The zero-order valence-electron chi connectivity index (χ0n) is 8.95. The number of hydrogen-bond acceptors (Lipinski definition) is 3. The molecule has 1 heterocycles. The molecule has 1 fully saturated rings. The normalized spacial score (nSPS) is 16.8. The average molecular weight is 223 g/mol. The highest BCUT2D eigenvalue weighted by atomic mass is 16.4. The number of carbonyl (C=O) groups excluding carboxylic acids is 1. The molecule has 1 aliphatic carbocycles. The van der Waals surface area contributed by atoms with Crippen molar-refractivity contribution in [1.29, 1.82) is 0 Å². The summed E-state index contributed by atoms with van der Waals surface area (Å²) in [5.74, 6) is -0.944. The highest BCUT2D eigenvalue weighted by Gasteiger charge is 2.50. The summed E-state index contributed by atoms with van der Waals surface area (Å²) in [6.07, 6.45) is 2.69. The van der Waals surface area contributed by atoms with Gasteiger partial charge in [0.15, 0.2) is 5.76 Å². The number of hydrogen-bond donors (Lipinski definition) is 2. The molecule has 1 amide bonds. The number of rotatable bonds is 4. The Kier molecular flexibility index (Phi) is 2.46. The van der Waals surface area contributed by atoms with Crippen molar-refractivity contribution < 1.29 is 19.1 Å². The molecular weight excluding hydrogens is 210 g/mol. The molecule has 1 aliphatic rings. The SMILES string of the molecule is Cc1ccoc1C(=O)NCC1(C(=O)O)CC1. The number of carboxylic acids is 1. The predicted octanol–water partition coefficient (Wildman–Crippen LogP) is 1.18. The van der Waals surface area contributed by atoms with Gasteiger partial charge in [0.25, 0.3) is 5.91 Å². The van der Waals surface area contributed by atoms with Gasteiger partial charge in [-0.2, -0.15) is 0 Å². The van der Waals surface area contributed by atoms with Crippen LogP contribution in [0, 0.1) is 12.3 Å².